The molecule has 3 atom stereocenters. The van der Waals surface area contributed by atoms with Gasteiger partial charge in [0.05, 0.1) is 30.4 Å². The second-order valence-corrected chi connectivity index (χ2v) is 4.56. The first-order valence-corrected chi connectivity index (χ1v) is 5.79. The molecule has 1 aromatic heterocycles. The summed E-state index contributed by atoms with van der Waals surface area (Å²) in [5.41, 5.74) is 1.20. The van der Waals surface area contributed by atoms with Crippen LogP contribution < -0.4 is 4.74 Å². The van der Waals surface area contributed by atoms with Crippen LogP contribution in [0.25, 0.3) is 0 Å². The van der Waals surface area contributed by atoms with E-state index >= 15 is 0 Å². The van der Waals surface area contributed by atoms with Crippen LogP contribution in [0.1, 0.15) is 31.2 Å². The number of carboxylic acid groups (broad SMARTS) is 1. The van der Waals surface area contributed by atoms with Crippen LogP contribution in [-0.4, -0.2) is 33.1 Å². The minimum atomic E-state index is -0.929. The van der Waals surface area contributed by atoms with Crippen molar-refractivity contribution in [3.8, 4) is 5.88 Å². The van der Waals surface area contributed by atoms with E-state index in [4.69, 9.17) is 9.84 Å². The molecule has 0 fully saturated rings. The monoisotopic (exact) mass is 256 g/mol. The van der Waals surface area contributed by atoms with Gasteiger partial charge in [0.2, 0.25) is 5.88 Å². The molecule has 0 radical (unpaired) electrons. The predicted molar refractivity (Wildman–Crippen MR) is 65.4 cm³/mol. The molecule has 0 amide bonds. The van der Waals surface area contributed by atoms with E-state index in [1.807, 2.05) is 0 Å². The van der Waals surface area contributed by atoms with Crippen molar-refractivity contribution in [1.29, 1.82) is 0 Å². The minimum Gasteiger partial charge on any atom is -0.481 e. The Balaban J connectivity index is 3.10. The first kappa shape index (κ1) is 14.5. The van der Waals surface area contributed by atoms with Gasteiger partial charge >= 0.3 is 5.97 Å². The molecular weight excluding hydrogens is 236 g/mol. The molecule has 1 aromatic rings. The Kier molecular flexibility index (Phi) is 4.34. The fourth-order valence-electron chi connectivity index (χ4n) is 2.00. The van der Waals surface area contributed by atoms with E-state index in [1.165, 1.54) is 11.8 Å². The Morgan fingerprint density at radius 3 is 2.44 bits per heavy atom. The zero-order valence-electron chi connectivity index (χ0n) is 11.3. The maximum absolute atomic E-state index is 11.0. The fourth-order valence-corrected chi connectivity index (χ4v) is 2.00. The molecule has 102 valence electrons. The smallest absolute Gasteiger partial charge is 0.306 e. The molecule has 1 heterocycles. The van der Waals surface area contributed by atoms with Crippen molar-refractivity contribution in [2.24, 2.45) is 18.9 Å². The number of ether oxygens (including phenoxy) is 1. The Bertz CT molecular complexity index is 442. The highest BCUT2D eigenvalue weighted by Gasteiger charge is 2.31. The summed E-state index contributed by atoms with van der Waals surface area (Å²) in [6.07, 6.45) is -0.917. The summed E-state index contributed by atoms with van der Waals surface area (Å²) < 4.78 is 6.74. The second-order valence-electron chi connectivity index (χ2n) is 4.56. The van der Waals surface area contributed by atoms with Gasteiger partial charge in [-0.3, -0.25) is 4.79 Å². The molecule has 2 N–H and O–H groups in total. The predicted octanol–water partition coefficient (Wildman–Crippen LogP) is 1.13. The highest BCUT2D eigenvalue weighted by Crippen LogP contribution is 2.35. The van der Waals surface area contributed by atoms with Crippen LogP contribution in [0.5, 0.6) is 5.88 Å². The number of carboxylic acids is 1. The van der Waals surface area contributed by atoms with E-state index in [0.29, 0.717) is 17.1 Å². The molecule has 0 saturated heterocycles. The lowest BCUT2D eigenvalue weighted by atomic mass is 9.87. The van der Waals surface area contributed by atoms with Gasteiger partial charge in [-0.05, 0) is 12.8 Å². The molecule has 18 heavy (non-hydrogen) atoms. The lowest BCUT2D eigenvalue weighted by Gasteiger charge is -2.22. The van der Waals surface area contributed by atoms with Crippen molar-refractivity contribution < 1.29 is 19.7 Å². The Morgan fingerprint density at radius 1 is 1.44 bits per heavy atom. The number of aliphatic hydroxyl groups excluding tert-OH is 1. The average Bonchev–Trinajstić information content (AvgIpc) is 2.60. The third kappa shape index (κ3) is 2.48. The Labute approximate surface area is 106 Å². The van der Waals surface area contributed by atoms with E-state index in [1.54, 1.807) is 27.8 Å². The zero-order chi connectivity index (χ0) is 14.0. The van der Waals surface area contributed by atoms with Crippen molar-refractivity contribution in [3.05, 3.63) is 11.3 Å². The van der Waals surface area contributed by atoms with Crippen LogP contribution in [0.2, 0.25) is 0 Å². The summed E-state index contributed by atoms with van der Waals surface area (Å²) in [5.74, 6) is -1.55. The molecule has 0 bridgehead atoms. The third-order valence-corrected chi connectivity index (χ3v) is 3.38. The van der Waals surface area contributed by atoms with Gasteiger partial charge in [-0.1, -0.05) is 13.8 Å². The molecule has 0 saturated carbocycles. The van der Waals surface area contributed by atoms with Crippen molar-refractivity contribution in [3.63, 3.8) is 0 Å². The minimum absolute atomic E-state index is 0.431. The van der Waals surface area contributed by atoms with Gasteiger partial charge < -0.3 is 14.9 Å². The highest BCUT2D eigenvalue weighted by molar-refractivity contribution is 5.70. The molecule has 0 aliphatic carbocycles. The number of aliphatic hydroxyl groups is 1. The van der Waals surface area contributed by atoms with E-state index in [2.05, 4.69) is 5.10 Å². The van der Waals surface area contributed by atoms with Gasteiger partial charge in [0.1, 0.15) is 0 Å². The van der Waals surface area contributed by atoms with Gasteiger partial charge in [0.25, 0.3) is 0 Å². The average molecular weight is 256 g/mol. The largest absolute Gasteiger partial charge is 0.481 e. The molecule has 0 spiro atoms. The maximum Gasteiger partial charge on any atom is 0.306 e. The SMILES string of the molecule is COc1c(C(O)C(C)C(C)C(=O)O)c(C)nn1C. The van der Waals surface area contributed by atoms with Crippen LogP contribution in [0.15, 0.2) is 0 Å². The maximum atomic E-state index is 11.0. The van der Waals surface area contributed by atoms with E-state index in [-0.39, 0.29) is 0 Å². The van der Waals surface area contributed by atoms with E-state index in [9.17, 15) is 9.90 Å². The number of rotatable bonds is 5. The lowest BCUT2D eigenvalue weighted by molar-refractivity contribution is -0.144. The molecule has 1 rings (SSSR count). The first-order chi connectivity index (χ1) is 8.31. The third-order valence-electron chi connectivity index (χ3n) is 3.38. The Morgan fingerprint density at radius 2 is 2.00 bits per heavy atom. The van der Waals surface area contributed by atoms with Crippen molar-refractivity contribution in [1.82, 2.24) is 9.78 Å². The topological polar surface area (TPSA) is 84.6 Å². The second kappa shape index (κ2) is 5.39. The summed E-state index contributed by atoms with van der Waals surface area (Å²) in [4.78, 5) is 11.0. The summed E-state index contributed by atoms with van der Waals surface area (Å²) in [7, 11) is 3.21. The molecule has 0 aromatic carbocycles. The molecule has 0 aliphatic rings. The number of aryl methyl sites for hydroxylation is 2. The summed E-state index contributed by atoms with van der Waals surface area (Å²) in [6, 6.07) is 0. The molecule has 6 heteroatoms. The molecule has 6 nitrogen and oxygen atoms in total. The standard InChI is InChI=1S/C12H20N2O4/c1-6(7(2)12(16)17)10(15)9-8(3)13-14(4)11(9)18-5/h6-7,10,15H,1-5H3,(H,16,17). The van der Waals surface area contributed by atoms with Crippen molar-refractivity contribution in [2.45, 2.75) is 26.9 Å². The van der Waals surface area contributed by atoms with Crippen LogP contribution >= 0.6 is 0 Å². The summed E-state index contributed by atoms with van der Waals surface area (Å²) in [6.45, 7) is 5.04. The highest BCUT2D eigenvalue weighted by atomic mass is 16.5. The van der Waals surface area contributed by atoms with Gasteiger partial charge in [-0.2, -0.15) is 5.10 Å². The molecular formula is C12H20N2O4. The first-order valence-electron chi connectivity index (χ1n) is 5.79. The number of nitrogens with zero attached hydrogens (tertiary/aromatic N) is 2. The zero-order valence-corrected chi connectivity index (χ0v) is 11.3. The Hall–Kier alpha value is -1.56. The van der Waals surface area contributed by atoms with Crippen LogP contribution in [0.3, 0.4) is 0 Å². The number of carbonyl (C=O) groups is 1. The quantitative estimate of drug-likeness (QED) is 0.825. The van der Waals surface area contributed by atoms with Gasteiger partial charge in [-0.25, -0.2) is 4.68 Å². The van der Waals surface area contributed by atoms with Gasteiger partial charge in [0.15, 0.2) is 0 Å². The van der Waals surface area contributed by atoms with Crippen LogP contribution in [0, 0.1) is 18.8 Å². The number of hydrogen-bond donors (Lipinski definition) is 2. The fraction of sp³-hybridized carbons (Fsp3) is 0.667. The number of aliphatic carboxylic acids is 1. The lowest BCUT2D eigenvalue weighted by Crippen LogP contribution is -2.24. The van der Waals surface area contributed by atoms with Gasteiger partial charge in [-0.15, -0.1) is 0 Å². The normalized spacial score (nSPS) is 16.1. The van der Waals surface area contributed by atoms with Crippen molar-refractivity contribution in [2.75, 3.05) is 7.11 Å². The summed E-state index contributed by atoms with van der Waals surface area (Å²) in [5, 5.41) is 23.5. The molecule has 3 unspecified atom stereocenters. The number of methoxy groups -OCH3 is 1. The van der Waals surface area contributed by atoms with Crippen LogP contribution in [0.4, 0.5) is 0 Å². The number of hydrogen-bond acceptors (Lipinski definition) is 4. The summed E-state index contributed by atoms with van der Waals surface area (Å²) >= 11 is 0. The molecule has 0 aliphatic heterocycles. The van der Waals surface area contributed by atoms with E-state index < -0.39 is 23.9 Å². The van der Waals surface area contributed by atoms with Crippen LogP contribution in [-0.2, 0) is 11.8 Å². The van der Waals surface area contributed by atoms with Crippen molar-refractivity contribution >= 4 is 5.97 Å². The number of aromatic nitrogens is 2. The van der Waals surface area contributed by atoms with E-state index in [0.717, 1.165) is 0 Å². The van der Waals surface area contributed by atoms with Gasteiger partial charge in [0, 0.05) is 7.05 Å².